The van der Waals surface area contributed by atoms with E-state index in [0.717, 1.165) is 40.9 Å². The SMILES string of the molecule is O=C1CC(C2=CCN(C(=O)C(F)(F)F)CC2)C2CC(C(c3ccc(Cl)cc3)c3ccc(Cl)cc3)CCC2N1. The van der Waals surface area contributed by atoms with Gasteiger partial charge in [-0.05, 0) is 78.8 Å². The molecule has 4 nitrogen and oxygen atoms in total. The normalized spacial score (nSPS) is 26.0. The number of rotatable bonds is 4. The number of hydrogen-bond acceptors (Lipinski definition) is 2. The van der Waals surface area contributed by atoms with Crippen molar-refractivity contribution in [1.29, 1.82) is 0 Å². The number of fused-ring (bicyclic) bond motifs is 1. The lowest BCUT2D eigenvalue weighted by Gasteiger charge is -2.47. The number of halogens is 5. The van der Waals surface area contributed by atoms with Gasteiger partial charge >= 0.3 is 12.1 Å². The van der Waals surface area contributed by atoms with Gasteiger partial charge in [0.15, 0.2) is 0 Å². The molecule has 9 heteroatoms. The summed E-state index contributed by atoms with van der Waals surface area (Å²) in [7, 11) is 0. The Kier molecular flexibility index (Phi) is 7.79. The smallest absolute Gasteiger partial charge is 0.353 e. The Morgan fingerprint density at radius 1 is 0.974 bits per heavy atom. The van der Waals surface area contributed by atoms with Gasteiger partial charge in [-0.25, -0.2) is 0 Å². The van der Waals surface area contributed by atoms with Gasteiger partial charge in [0.1, 0.15) is 0 Å². The van der Waals surface area contributed by atoms with Crippen LogP contribution in [0.3, 0.4) is 0 Å². The first-order valence-electron chi connectivity index (χ1n) is 13.0. The number of nitrogens with one attached hydrogen (secondary N) is 1. The Hall–Kier alpha value is -2.51. The molecule has 1 N–H and O–H groups in total. The first-order chi connectivity index (χ1) is 18.1. The Bertz CT molecular complexity index is 1170. The number of hydrogen-bond donors (Lipinski definition) is 1. The average Bonchev–Trinajstić information content (AvgIpc) is 2.90. The maximum atomic E-state index is 12.9. The fourth-order valence-corrected chi connectivity index (χ4v) is 6.90. The van der Waals surface area contributed by atoms with Crippen LogP contribution in [0.25, 0.3) is 0 Å². The maximum Gasteiger partial charge on any atom is 0.471 e. The molecule has 3 aliphatic rings. The molecule has 0 aromatic heterocycles. The molecule has 4 unspecified atom stereocenters. The van der Waals surface area contributed by atoms with Gasteiger partial charge < -0.3 is 10.2 Å². The van der Waals surface area contributed by atoms with Crippen LogP contribution in [0.2, 0.25) is 10.0 Å². The fourth-order valence-electron chi connectivity index (χ4n) is 6.65. The molecular formula is C29H29Cl2F3N2O2. The second kappa shape index (κ2) is 10.9. The highest BCUT2D eigenvalue weighted by atomic mass is 35.5. The second-order valence-corrected chi connectivity index (χ2v) is 11.5. The van der Waals surface area contributed by atoms with E-state index in [1.54, 1.807) is 6.08 Å². The van der Waals surface area contributed by atoms with E-state index < -0.39 is 12.1 Å². The minimum Gasteiger partial charge on any atom is -0.353 e. The van der Waals surface area contributed by atoms with Crippen LogP contribution in [0.4, 0.5) is 13.2 Å². The zero-order chi connectivity index (χ0) is 27.0. The van der Waals surface area contributed by atoms with Crippen molar-refractivity contribution >= 4 is 35.0 Å². The first-order valence-corrected chi connectivity index (χ1v) is 13.7. The molecule has 2 aromatic carbocycles. The van der Waals surface area contributed by atoms with Crippen molar-refractivity contribution < 1.29 is 22.8 Å². The fraction of sp³-hybridized carbons (Fsp3) is 0.448. The Labute approximate surface area is 230 Å². The topological polar surface area (TPSA) is 49.4 Å². The predicted molar refractivity (Wildman–Crippen MR) is 141 cm³/mol. The zero-order valence-corrected chi connectivity index (χ0v) is 22.2. The minimum absolute atomic E-state index is 0.0152. The third-order valence-electron chi connectivity index (χ3n) is 8.39. The molecule has 4 atom stereocenters. The molecule has 1 aliphatic carbocycles. The first kappa shape index (κ1) is 27.1. The van der Waals surface area contributed by atoms with E-state index in [9.17, 15) is 22.8 Å². The third-order valence-corrected chi connectivity index (χ3v) is 8.89. The van der Waals surface area contributed by atoms with Gasteiger partial charge in [0, 0.05) is 41.5 Å². The van der Waals surface area contributed by atoms with Crippen LogP contribution in [0.15, 0.2) is 60.2 Å². The average molecular weight is 565 g/mol. The lowest BCUT2D eigenvalue weighted by atomic mass is 9.62. The summed E-state index contributed by atoms with van der Waals surface area (Å²) in [4.78, 5) is 25.2. The molecule has 2 aromatic rings. The Morgan fingerprint density at radius 3 is 2.11 bits per heavy atom. The predicted octanol–water partition coefficient (Wildman–Crippen LogP) is 6.77. The van der Waals surface area contributed by atoms with Crippen molar-refractivity contribution in [3.8, 4) is 0 Å². The van der Waals surface area contributed by atoms with Crippen LogP contribution in [0, 0.1) is 17.8 Å². The molecule has 2 aliphatic heterocycles. The summed E-state index contributed by atoms with van der Waals surface area (Å²) in [5.41, 5.74) is 3.32. The monoisotopic (exact) mass is 564 g/mol. The summed E-state index contributed by atoms with van der Waals surface area (Å²) in [5.74, 6) is -1.29. The Balaban J connectivity index is 1.41. The van der Waals surface area contributed by atoms with Crippen LogP contribution in [-0.4, -0.2) is 42.0 Å². The van der Waals surface area contributed by atoms with Gasteiger partial charge in [-0.1, -0.05) is 59.1 Å². The van der Waals surface area contributed by atoms with Gasteiger partial charge in [0.05, 0.1) is 0 Å². The molecule has 5 rings (SSSR count). The summed E-state index contributed by atoms with van der Waals surface area (Å²) in [6.45, 7) is -0.0634. The minimum atomic E-state index is -4.88. The second-order valence-electron chi connectivity index (χ2n) is 10.6. The third kappa shape index (κ3) is 5.74. The maximum absolute atomic E-state index is 12.9. The number of carbonyl (C=O) groups is 2. The van der Waals surface area contributed by atoms with Crippen LogP contribution in [0.5, 0.6) is 0 Å². The summed E-state index contributed by atoms with van der Waals surface area (Å²) in [6, 6.07) is 15.9. The summed E-state index contributed by atoms with van der Waals surface area (Å²) in [5, 5.41) is 4.52. The van der Waals surface area contributed by atoms with E-state index in [0.29, 0.717) is 28.8 Å². The van der Waals surface area contributed by atoms with E-state index in [-0.39, 0.29) is 42.8 Å². The molecule has 0 bridgehead atoms. The van der Waals surface area contributed by atoms with Gasteiger partial charge in [-0.2, -0.15) is 13.2 Å². The number of alkyl halides is 3. The van der Waals surface area contributed by atoms with Crippen LogP contribution >= 0.6 is 23.2 Å². The van der Waals surface area contributed by atoms with Gasteiger partial charge in [0.2, 0.25) is 5.91 Å². The summed E-state index contributed by atoms with van der Waals surface area (Å²) in [6.07, 6.45) is 0.167. The summed E-state index contributed by atoms with van der Waals surface area (Å²) >= 11 is 12.4. The molecule has 2 amide bonds. The molecule has 202 valence electrons. The highest BCUT2D eigenvalue weighted by molar-refractivity contribution is 6.30. The lowest BCUT2D eigenvalue weighted by Crippen LogP contribution is -2.53. The highest BCUT2D eigenvalue weighted by Crippen LogP contribution is 2.48. The number of benzene rings is 2. The van der Waals surface area contributed by atoms with Crippen molar-refractivity contribution in [2.24, 2.45) is 17.8 Å². The van der Waals surface area contributed by atoms with E-state index in [1.807, 2.05) is 24.3 Å². The van der Waals surface area contributed by atoms with E-state index in [1.165, 1.54) is 0 Å². The van der Waals surface area contributed by atoms with Gasteiger partial charge in [-0.3, -0.25) is 9.59 Å². The van der Waals surface area contributed by atoms with E-state index in [2.05, 4.69) is 29.6 Å². The Morgan fingerprint density at radius 2 is 1.58 bits per heavy atom. The van der Waals surface area contributed by atoms with Crippen LogP contribution < -0.4 is 5.32 Å². The van der Waals surface area contributed by atoms with Crippen LogP contribution in [-0.2, 0) is 9.59 Å². The molecule has 0 spiro atoms. The van der Waals surface area contributed by atoms with Crippen molar-refractivity contribution in [3.63, 3.8) is 0 Å². The molecule has 2 fully saturated rings. The van der Waals surface area contributed by atoms with Crippen molar-refractivity contribution in [1.82, 2.24) is 10.2 Å². The number of nitrogens with zero attached hydrogens (tertiary/aromatic N) is 1. The van der Waals surface area contributed by atoms with Gasteiger partial charge in [-0.15, -0.1) is 0 Å². The van der Waals surface area contributed by atoms with Crippen molar-refractivity contribution in [2.75, 3.05) is 13.1 Å². The molecule has 38 heavy (non-hydrogen) atoms. The number of amides is 2. The number of piperidine rings is 1. The standard InChI is InChI=1S/C29H29Cl2F3N2O2/c30-21-6-1-18(2-7-21)27(19-3-8-22(31)9-4-19)20-5-10-25-24(15-20)23(16-26(37)35-25)17-11-13-36(14-12-17)28(38)29(32,33)34/h1-4,6-9,11,20,23-25,27H,5,10,12-16H2,(H,35,37). The van der Waals surface area contributed by atoms with Crippen LogP contribution in [0.1, 0.15) is 49.1 Å². The zero-order valence-electron chi connectivity index (χ0n) is 20.7. The summed E-state index contributed by atoms with van der Waals surface area (Å²) < 4.78 is 38.8. The van der Waals surface area contributed by atoms with Crippen molar-refractivity contribution in [2.45, 2.75) is 50.2 Å². The van der Waals surface area contributed by atoms with E-state index in [4.69, 9.17) is 23.2 Å². The molecule has 2 heterocycles. The lowest BCUT2D eigenvalue weighted by molar-refractivity contribution is -0.185. The van der Waals surface area contributed by atoms with Crippen molar-refractivity contribution in [3.05, 3.63) is 81.4 Å². The molecular weight excluding hydrogens is 536 g/mol. The highest BCUT2D eigenvalue weighted by Gasteiger charge is 2.46. The molecule has 1 saturated carbocycles. The molecule has 0 radical (unpaired) electrons. The molecule has 1 saturated heterocycles. The largest absolute Gasteiger partial charge is 0.471 e. The number of carbonyl (C=O) groups excluding carboxylic acids is 2. The van der Waals surface area contributed by atoms with Gasteiger partial charge in [0.25, 0.3) is 0 Å². The quantitative estimate of drug-likeness (QED) is 0.417. The van der Waals surface area contributed by atoms with E-state index >= 15 is 0 Å².